The molecule has 0 aliphatic rings. The number of nitro benzene ring substituents is 1. The Kier molecular flexibility index (Phi) is 5.27. The Morgan fingerprint density at radius 3 is 2.43 bits per heavy atom. The van der Waals surface area contributed by atoms with Crippen molar-refractivity contribution in [3.63, 3.8) is 0 Å². The van der Waals surface area contributed by atoms with E-state index in [-0.39, 0.29) is 16.8 Å². The molecular weight excluding hydrogens is 415 g/mol. The molecular formula is C15H11IN2O5. The highest BCUT2D eigenvalue weighted by atomic mass is 127. The normalized spacial score (nSPS) is 10.0. The van der Waals surface area contributed by atoms with E-state index in [0.717, 1.165) is 22.8 Å². The molecule has 0 aliphatic carbocycles. The Bertz CT molecular complexity index is 791. The van der Waals surface area contributed by atoms with Crippen LogP contribution in [0, 0.1) is 13.7 Å². The maximum Gasteiger partial charge on any atom is 0.338 e. The van der Waals surface area contributed by atoms with Gasteiger partial charge in [0.2, 0.25) is 0 Å². The first-order valence-electron chi connectivity index (χ1n) is 6.36. The zero-order valence-corrected chi connectivity index (χ0v) is 14.1. The Morgan fingerprint density at radius 1 is 1.17 bits per heavy atom. The van der Waals surface area contributed by atoms with Crippen LogP contribution in [0.4, 0.5) is 11.4 Å². The molecule has 0 saturated heterocycles. The lowest BCUT2D eigenvalue weighted by atomic mass is 10.1. The van der Waals surface area contributed by atoms with Crippen molar-refractivity contribution in [2.24, 2.45) is 0 Å². The molecule has 0 bridgehead atoms. The van der Waals surface area contributed by atoms with Crippen LogP contribution in [0.1, 0.15) is 20.7 Å². The molecule has 0 unspecified atom stereocenters. The minimum Gasteiger partial charge on any atom is -0.465 e. The molecule has 8 heteroatoms. The first-order chi connectivity index (χ1) is 10.9. The molecule has 2 aromatic rings. The van der Waals surface area contributed by atoms with E-state index < -0.39 is 16.8 Å². The molecule has 0 heterocycles. The molecule has 0 radical (unpaired) electrons. The van der Waals surface area contributed by atoms with Gasteiger partial charge in [-0.2, -0.15) is 0 Å². The molecule has 2 rings (SSSR count). The van der Waals surface area contributed by atoms with Gasteiger partial charge in [0.05, 0.1) is 23.3 Å². The van der Waals surface area contributed by atoms with Crippen molar-refractivity contribution in [3.8, 4) is 0 Å². The van der Waals surface area contributed by atoms with E-state index >= 15 is 0 Å². The molecule has 1 amide bonds. The van der Waals surface area contributed by atoms with E-state index in [2.05, 4.69) is 32.6 Å². The molecule has 2 aromatic carbocycles. The molecule has 0 aromatic heterocycles. The second-order valence-corrected chi connectivity index (χ2v) is 5.61. The fourth-order valence-electron chi connectivity index (χ4n) is 1.84. The first-order valence-corrected chi connectivity index (χ1v) is 7.44. The van der Waals surface area contributed by atoms with Crippen LogP contribution in [-0.2, 0) is 4.74 Å². The molecule has 7 nitrogen and oxygen atoms in total. The first kappa shape index (κ1) is 16.9. The van der Waals surface area contributed by atoms with Gasteiger partial charge in [-0.05, 0) is 40.8 Å². The number of hydrogen-bond acceptors (Lipinski definition) is 5. The molecule has 0 fully saturated rings. The van der Waals surface area contributed by atoms with Gasteiger partial charge >= 0.3 is 5.97 Å². The zero-order valence-electron chi connectivity index (χ0n) is 11.9. The monoisotopic (exact) mass is 426 g/mol. The Morgan fingerprint density at radius 2 is 1.83 bits per heavy atom. The quantitative estimate of drug-likeness (QED) is 0.350. The van der Waals surface area contributed by atoms with E-state index in [1.807, 2.05) is 12.1 Å². The molecule has 1 N–H and O–H groups in total. The summed E-state index contributed by atoms with van der Waals surface area (Å²) in [5.41, 5.74) is 0.152. The summed E-state index contributed by atoms with van der Waals surface area (Å²) in [4.78, 5) is 34.2. The maximum absolute atomic E-state index is 12.3. The number of hydrogen-bond donors (Lipinski definition) is 1. The number of ether oxygens (including phenoxy) is 1. The summed E-state index contributed by atoms with van der Waals surface area (Å²) in [5, 5.41) is 13.6. The van der Waals surface area contributed by atoms with Crippen LogP contribution >= 0.6 is 22.6 Å². The summed E-state index contributed by atoms with van der Waals surface area (Å²) >= 11 is 2.06. The average molecular weight is 426 g/mol. The fourth-order valence-corrected chi connectivity index (χ4v) is 2.36. The second-order valence-electron chi connectivity index (χ2n) is 4.45. The van der Waals surface area contributed by atoms with Gasteiger partial charge in [0, 0.05) is 21.3 Å². The fraction of sp³-hybridized carbons (Fsp3) is 0.0667. The average Bonchev–Trinajstić information content (AvgIpc) is 2.55. The van der Waals surface area contributed by atoms with Gasteiger partial charge in [0.15, 0.2) is 0 Å². The lowest BCUT2D eigenvalue weighted by Crippen LogP contribution is -2.14. The lowest BCUT2D eigenvalue weighted by molar-refractivity contribution is -0.384. The van der Waals surface area contributed by atoms with E-state index in [1.165, 1.54) is 6.07 Å². The van der Waals surface area contributed by atoms with Gasteiger partial charge in [-0.25, -0.2) is 4.79 Å². The minimum atomic E-state index is -0.753. The number of carbonyl (C=O) groups excluding carboxylic acids is 2. The SMILES string of the molecule is COC(=O)c1cc(C(=O)Nc2ccccc2I)cc([N+](=O)[O-])c1. The molecule has 118 valence electrons. The Balaban J connectivity index is 2.39. The number of nitrogens with one attached hydrogen (secondary N) is 1. The molecule has 0 saturated carbocycles. The van der Waals surface area contributed by atoms with Crippen LogP contribution < -0.4 is 5.32 Å². The summed E-state index contributed by atoms with van der Waals surface area (Å²) in [6.45, 7) is 0. The third-order valence-electron chi connectivity index (χ3n) is 2.93. The number of halogens is 1. The van der Waals surface area contributed by atoms with Crippen molar-refractivity contribution in [1.29, 1.82) is 0 Å². The number of carbonyl (C=O) groups is 2. The minimum absolute atomic E-state index is 0.000692. The predicted octanol–water partition coefficient (Wildman–Crippen LogP) is 3.24. The van der Waals surface area contributed by atoms with Crippen molar-refractivity contribution in [3.05, 3.63) is 67.3 Å². The number of nitro groups is 1. The number of esters is 1. The molecule has 0 atom stereocenters. The third kappa shape index (κ3) is 4.03. The highest BCUT2D eigenvalue weighted by molar-refractivity contribution is 14.1. The number of methoxy groups -OCH3 is 1. The van der Waals surface area contributed by atoms with Crippen molar-refractivity contribution in [1.82, 2.24) is 0 Å². The largest absolute Gasteiger partial charge is 0.465 e. The third-order valence-corrected chi connectivity index (χ3v) is 3.87. The lowest BCUT2D eigenvalue weighted by Gasteiger charge is -2.08. The Hall–Kier alpha value is -2.49. The van der Waals surface area contributed by atoms with E-state index in [9.17, 15) is 19.7 Å². The number of amides is 1. The van der Waals surface area contributed by atoms with Crippen molar-refractivity contribution >= 4 is 45.8 Å². The highest BCUT2D eigenvalue weighted by Crippen LogP contribution is 2.21. The van der Waals surface area contributed by atoms with Crippen LogP contribution in [-0.4, -0.2) is 23.9 Å². The van der Waals surface area contributed by atoms with Gasteiger partial charge < -0.3 is 10.1 Å². The number of non-ortho nitro benzene ring substituents is 1. The second kappa shape index (κ2) is 7.18. The van der Waals surface area contributed by atoms with Crippen molar-refractivity contribution in [2.45, 2.75) is 0 Å². The van der Waals surface area contributed by atoms with Gasteiger partial charge in [-0.1, -0.05) is 12.1 Å². The van der Waals surface area contributed by atoms with Crippen LogP contribution in [0.15, 0.2) is 42.5 Å². The predicted molar refractivity (Wildman–Crippen MR) is 91.5 cm³/mol. The topological polar surface area (TPSA) is 98.5 Å². The number of rotatable bonds is 4. The van der Waals surface area contributed by atoms with Gasteiger partial charge in [0.1, 0.15) is 0 Å². The number of anilines is 1. The van der Waals surface area contributed by atoms with Crippen molar-refractivity contribution in [2.75, 3.05) is 12.4 Å². The molecule has 0 spiro atoms. The van der Waals surface area contributed by atoms with Crippen molar-refractivity contribution < 1.29 is 19.2 Å². The standard InChI is InChI=1S/C15H11IN2O5/c1-23-15(20)10-6-9(7-11(8-10)18(21)22)14(19)17-13-5-3-2-4-12(13)16/h2-8H,1H3,(H,17,19). The summed E-state index contributed by atoms with van der Waals surface area (Å²) in [6.07, 6.45) is 0. The summed E-state index contributed by atoms with van der Waals surface area (Å²) < 4.78 is 5.37. The zero-order chi connectivity index (χ0) is 17.0. The van der Waals surface area contributed by atoms with E-state index in [0.29, 0.717) is 5.69 Å². The smallest absolute Gasteiger partial charge is 0.338 e. The van der Waals surface area contributed by atoms with Crippen LogP contribution in [0.3, 0.4) is 0 Å². The number of nitrogens with zero attached hydrogens (tertiary/aromatic N) is 1. The highest BCUT2D eigenvalue weighted by Gasteiger charge is 2.18. The molecule has 0 aliphatic heterocycles. The number of para-hydroxylation sites is 1. The van der Waals surface area contributed by atoms with Crippen LogP contribution in [0.25, 0.3) is 0 Å². The van der Waals surface area contributed by atoms with Crippen LogP contribution in [0.5, 0.6) is 0 Å². The summed E-state index contributed by atoms with van der Waals surface area (Å²) in [7, 11) is 1.16. The van der Waals surface area contributed by atoms with Crippen LogP contribution in [0.2, 0.25) is 0 Å². The van der Waals surface area contributed by atoms with Gasteiger partial charge in [0.25, 0.3) is 11.6 Å². The van der Waals surface area contributed by atoms with E-state index in [4.69, 9.17) is 0 Å². The maximum atomic E-state index is 12.3. The van der Waals surface area contributed by atoms with E-state index in [1.54, 1.807) is 12.1 Å². The van der Waals surface area contributed by atoms with Gasteiger partial charge in [-0.3, -0.25) is 14.9 Å². The van der Waals surface area contributed by atoms with Gasteiger partial charge in [-0.15, -0.1) is 0 Å². The Labute approximate surface area is 144 Å². The molecule has 23 heavy (non-hydrogen) atoms. The summed E-state index contributed by atoms with van der Waals surface area (Å²) in [6, 6.07) is 10.5. The summed E-state index contributed by atoms with van der Waals surface area (Å²) in [5.74, 6) is -1.31. The number of benzene rings is 2.